The average molecular weight is 337 g/mol. The SMILES string of the molecule is C[N+]1(C2CC3CCC2C3=O)CCOCC1.[I-]. The molecule has 0 aromatic heterocycles. The van der Waals surface area contributed by atoms with Crippen molar-refractivity contribution in [3.8, 4) is 0 Å². The Bertz CT molecular complexity index is 289. The highest BCUT2D eigenvalue weighted by Gasteiger charge is 2.54. The molecule has 3 nitrogen and oxygen atoms in total. The van der Waals surface area contributed by atoms with Gasteiger partial charge < -0.3 is 33.2 Å². The Morgan fingerprint density at radius 3 is 2.44 bits per heavy atom. The predicted octanol–water partition coefficient (Wildman–Crippen LogP) is -2.17. The van der Waals surface area contributed by atoms with Crippen molar-refractivity contribution >= 4 is 5.78 Å². The second-order valence-electron chi connectivity index (χ2n) is 5.63. The third kappa shape index (κ3) is 1.82. The minimum absolute atomic E-state index is 0. The Morgan fingerprint density at radius 2 is 1.94 bits per heavy atom. The van der Waals surface area contributed by atoms with E-state index in [-0.39, 0.29) is 24.0 Å². The van der Waals surface area contributed by atoms with Crippen LogP contribution in [0.4, 0.5) is 0 Å². The maximum atomic E-state index is 11.9. The van der Waals surface area contributed by atoms with Crippen molar-refractivity contribution in [1.82, 2.24) is 0 Å². The number of fused-ring (bicyclic) bond motifs is 2. The summed E-state index contributed by atoms with van der Waals surface area (Å²) in [6.07, 6.45) is 3.47. The average Bonchev–Trinajstić information content (AvgIpc) is 2.76. The maximum Gasteiger partial charge on any atom is 0.145 e. The predicted molar refractivity (Wildman–Crippen MR) is 56.4 cm³/mol. The third-order valence-electron chi connectivity index (χ3n) is 4.88. The number of carbonyl (C=O) groups excluding carboxylic acids is 1. The van der Waals surface area contributed by atoms with Gasteiger partial charge in [0.25, 0.3) is 0 Å². The quantitative estimate of drug-likeness (QED) is 0.402. The lowest BCUT2D eigenvalue weighted by atomic mass is 9.92. The normalized spacial score (nSPS) is 40.8. The number of Topliss-reactive ketones (excluding diaryl/α,β-unsaturated/α-hetero) is 1. The molecule has 2 bridgehead atoms. The molecule has 0 N–H and O–H groups in total. The van der Waals surface area contributed by atoms with Gasteiger partial charge in [0, 0.05) is 12.3 Å². The Balaban J connectivity index is 0.000000963. The molecule has 0 amide bonds. The number of halogens is 1. The van der Waals surface area contributed by atoms with Gasteiger partial charge in [-0.05, 0) is 12.8 Å². The zero-order chi connectivity index (χ0) is 10.5. The summed E-state index contributed by atoms with van der Waals surface area (Å²) >= 11 is 0. The molecule has 3 rings (SSSR count). The van der Waals surface area contributed by atoms with Gasteiger partial charge >= 0.3 is 0 Å². The van der Waals surface area contributed by atoms with Crippen LogP contribution < -0.4 is 24.0 Å². The van der Waals surface area contributed by atoms with Crippen LogP contribution in [-0.2, 0) is 9.53 Å². The monoisotopic (exact) mass is 337 g/mol. The molecule has 0 radical (unpaired) electrons. The van der Waals surface area contributed by atoms with E-state index in [1.165, 1.54) is 0 Å². The van der Waals surface area contributed by atoms with Crippen LogP contribution in [0.5, 0.6) is 0 Å². The molecular formula is C12H20INO2. The number of ketones is 1. The summed E-state index contributed by atoms with van der Waals surface area (Å²) < 4.78 is 6.52. The number of hydrogen-bond acceptors (Lipinski definition) is 2. The number of nitrogens with zero attached hydrogens (tertiary/aromatic N) is 1. The Morgan fingerprint density at radius 1 is 1.25 bits per heavy atom. The van der Waals surface area contributed by atoms with Gasteiger partial charge in [-0.2, -0.15) is 0 Å². The van der Waals surface area contributed by atoms with Gasteiger partial charge in [0.05, 0.1) is 32.2 Å². The minimum atomic E-state index is 0. The summed E-state index contributed by atoms with van der Waals surface area (Å²) in [6, 6.07) is 0.611. The van der Waals surface area contributed by atoms with E-state index < -0.39 is 0 Å². The van der Waals surface area contributed by atoms with Gasteiger partial charge in [-0.15, -0.1) is 0 Å². The molecule has 1 saturated heterocycles. The molecule has 3 unspecified atom stereocenters. The lowest BCUT2D eigenvalue weighted by molar-refractivity contribution is -0.942. The second-order valence-corrected chi connectivity index (χ2v) is 5.63. The van der Waals surface area contributed by atoms with E-state index in [9.17, 15) is 4.79 Å². The first-order valence-electron chi connectivity index (χ1n) is 6.16. The molecule has 4 heteroatoms. The van der Waals surface area contributed by atoms with E-state index >= 15 is 0 Å². The Kier molecular flexibility index (Phi) is 3.62. The summed E-state index contributed by atoms with van der Waals surface area (Å²) in [5, 5.41) is 0. The van der Waals surface area contributed by atoms with Crippen molar-refractivity contribution in [1.29, 1.82) is 0 Å². The molecule has 3 aliphatic rings. The van der Waals surface area contributed by atoms with Gasteiger partial charge in [0.1, 0.15) is 18.9 Å². The molecular weight excluding hydrogens is 317 g/mol. The second kappa shape index (κ2) is 4.53. The fraction of sp³-hybridized carbons (Fsp3) is 0.917. The van der Waals surface area contributed by atoms with E-state index in [2.05, 4.69) is 7.05 Å². The third-order valence-corrected chi connectivity index (χ3v) is 4.88. The van der Waals surface area contributed by atoms with Crippen molar-refractivity contribution in [3.63, 3.8) is 0 Å². The smallest absolute Gasteiger partial charge is 0.145 e. The molecule has 0 aromatic rings. The van der Waals surface area contributed by atoms with Gasteiger partial charge in [0.15, 0.2) is 0 Å². The minimum Gasteiger partial charge on any atom is -1.00 e. The van der Waals surface area contributed by atoms with Crippen LogP contribution in [0.3, 0.4) is 0 Å². The number of carbonyl (C=O) groups is 1. The Labute approximate surface area is 114 Å². The molecule has 16 heavy (non-hydrogen) atoms. The van der Waals surface area contributed by atoms with E-state index in [4.69, 9.17) is 4.74 Å². The Hall–Kier alpha value is 0.320. The fourth-order valence-corrected chi connectivity index (χ4v) is 3.82. The highest BCUT2D eigenvalue weighted by molar-refractivity contribution is 5.88. The topological polar surface area (TPSA) is 26.3 Å². The first-order valence-corrected chi connectivity index (χ1v) is 6.16. The summed E-state index contributed by atoms with van der Waals surface area (Å²) in [7, 11) is 2.32. The van der Waals surface area contributed by atoms with Gasteiger partial charge in [-0.1, -0.05) is 0 Å². The maximum absolute atomic E-state index is 11.9. The summed E-state index contributed by atoms with van der Waals surface area (Å²) in [5.41, 5.74) is 0. The number of ether oxygens (including phenoxy) is 1. The number of hydrogen-bond donors (Lipinski definition) is 0. The number of quaternary nitrogens is 1. The molecule has 2 saturated carbocycles. The van der Waals surface area contributed by atoms with E-state index in [0.29, 0.717) is 23.7 Å². The highest BCUT2D eigenvalue weighted by atomic mass is 127. The first-order chi connectivity index (χ1) is 7.21. The molecule has 2 aliphatic carbocycles. The fourth-order valence-electron chi connectivity index (χ4n) is 3.82. The van der Waals surface area contributed by atoms with E-state index in [1.807, 2.05) is 0 Å². The van der Waals surface area contributed by atoms with Crippen LogP contribution in [0.1, 0.15) is 19.3 Å². The number of rotatable bonds is 1. The zero-order valence-electron chi connectivity index (χ0n) is 9.82. The molecule has 92 valence electrons. The van der Waals surface area contributed by atoms with E-state index in [0.717, 1.165) is 50.0 Å². The zero-order valence-corrected chi connectivity index (χ0v) is 12.0. The molecule has 0 aromatic carbocycles. The molecule has 3 atom stereocenters. The summed E-state index contributed by atoms with van der Waals surface area (Å²) in [6.45, 7) is 3.94. The van der Waals surface area contributed by atoms with Crippen LogP contribution in [0.15, 0.2) is 0 Å². The van der Waals surface area contributed by atoms with Crippen molar-refractivity contribution in [2.24, 2.45) is 11.8 Å². The highest BCUT2D eigenvalue weighted by Crippen LogP contribution is 2.45. The molecule has 0 spiro atoms. The van der Waals surface area contributed by atoms with Crippen LogP contribution in [0.25, 0.3) is 0 Å². The van der Waals surface area contributed by atoms with Crippen molar-refractivity contribution in [2.75, 3.05) is 33.4 Å². The molecule has 1 heterocycles. The summed E-state index contributed by atoms with van der Waals surface area (Å²) in [4.78, 5) is 11.9. The summed E-state index contributed by atoms with van der Waals surface area (Å²) in [5.74, 6) is 1.38. The van der Waals surface area contributed by atoms with Crippen LogP contribution in [0.2, 0.25) is 0 Å². The van der Waals surface area contributed by atoms with Gasteiger partial charge in [-0.25, -0.2) is 0 Å². The van der Waals surface area contributed by atoms with Crippen molar-refractivity contribution < 1.29 is 38.0 Å². The number of morpholine rings is 1. The van der Waals surface area contributed by atoms with E-state index in [1.54, 1.807) is 0 Å². The number of likely N-dealkylation sites (N-methyl/N-ethyl adjacent to an activating group) is 1. The lowest BCUT2D eigenvalue weighted by Crippen LogP contribution is -3.00. The first kappa shape index (κ1) is 12.8. The lowest BCUT2D eigenvalue weighted by Gasteiger charge is -2.45. The van der Waals surface area contributed by atoms with Crippen LogP contribution in [-0.4, -0.2) is 49.7 Å². The van der Waals surface area contributed by atoms with Crippen LogP contribution >= 0.6 is 0 Å². The van der Waals surface area contributed by atoms with Crippen molar-refractivity contribution in [3.05, 3.63) is 0 Å². The van der Waals surface area contributed by atoms with Crippen LogP contribution in [0, 0.1) is 11.8 Å². The molecule has 1 aliphatic heterocycles. The van der Waals surface area contributed by atoms with Gasteiger partial charge in [0.2, 0.25) is 0 Å². The molecule has 3 fully saturated rings. The standard InChI is InChI=1S/C12H20NO2.HI/c1-13(4-6-15-7-5-13)11-8-9-2-3-10(11)12(9)14;/h9-11H,2-8H2,1H3;1H/q+1;/p-1. The van der Waals surface area contributed by atoms with Gasteiger partial charge in [-0.3, -0.25) is 4.79 Å². The largest absolute Gasteiger partial charge is 1.00 e. The van der Waals surface area contributed by atoms with Crippen molar-refractivity contribution in [2.45, 2.75) is 25.3 Å².